The van der Waals surface area contributed by atoms with Gasteiger partial charge in [-0.3, -0.25) is 9.59 Å². The second-order valence-electron chi connectivity index (χ2n) is 7.43. The van der Waals surface area contributed by atoms with Gasteiger partial charge in [0.15, 0.2) is 0 Å². The van der Waals surface area contributed by atoms with Crippen LogP contribution in [0.1, 0.15) is 50.2 Å². The van der Waals surface area contributed by atoms with Gasteiger partial charge in [-0.15, -0.1) is 0 Å². The summed E-state index contributed by atoms with van der Waals surface area (Å²) in [5, 5.41) is 5.93. The maximum Gasteiger partial charge on any atom is 0.230 e. The van der Waals surface area contributed by atoms with Crippen LogP contribution in [0.15, 0.2) is 48.5 Å². The molecular weight excluding hydrogens is 352 g/mol. The fraction of sp³-hybridized carbons (Fsp3) is 0.391. The van der Waals surface area contributed by atoms with E-state index in [1.165, 1.54) is 6.92 Å². The quantitative estimate of drug-likeness (QED) is 0.790. The van der Waals surface area contributed by atoms with Gasteiger partial charge in [-0.05, 0) is 48.2 Å². The zero-order valence-electron chi connectivity index (χ0n) is 16.6. The van der Waals surface area contributed by atoms with Crippen molar-refractivity contribution >= 4 is 17.5 Å². The van der Waals surface area contributed by atoms with Crippen LogP contribution in [0, 0.1) is 0 Å². The smallest absolute Gasteiger partial charge is 0.230 e. The Morgan fingerprint density at radius 2 is 1.61 bits per heavy atom. The van der Waals surface area contributed by atoms with E-state index in [-0.39, 0.29) is 11.8 Å². The Hall–Kier alpha value is -2.82. The van der Waals surface area contributed by atoms with Crippen LogP contribution in [-0.4, -0.2) is 18.9 Å². The standard InChI is InChI=1S/C23H28N2O3/c1-17(26)25-20-10-8-19(9-11-20)23(14-4-3-5-15-23)22(27)24-16-18-6-12-21(28-2)13-7-18/h6-13H,3-5,14-16H2,1-2H3,(H,24,27)(H,25,26). The molecular formula is C23H28N2O3. The molecule has 2 aromatic rings. The Labute approximate surface area is 166 Å². The Balaban J connectivity index is 1.76. The lowest BCUT2D eigenvalue weighted by Gasteiger charge is -2.36. The molecule has 5 heteroatoms. The molecule has 5 nitrogen and oxygen atoms in total. The number of methoxy groups -OCH3 is 1. The van der Waals surface area contributed by atoms with E-state index < -0.39 is 5.41 Å². The number of ether oxygens (including phenoxy) is 1. The van der Waals surface area contributed by atoms with E-state index in [1.807, 2.05) is 48.5 Å². The fourth-order valence-corrected chi connectivity index (χ4v) is 3.97. The lowest BCUT2D eigenvalue weighted by Crippen LogP contribution is -2.45. The van der Waals surface area contributed by atoms with Gasteiger partial charge in [0, 0.05) is 19.2 Å². The van der Waals surface area contributed by atoms with Crippen molar-refractivity contribution in [1.82, 2.24) is 5.32 Å². The van der Waals surface area contributed by atoms with Gasteiger partial charge in [-0.1, -0.05) is 43.5 Å². The molecule has 0 unspecified atom stereocenters. The Kier molecular flexibility index (Phi) is 6.34. The summed E-state index contributed by atoms with van der Waals surface area (Å²) in [7, 11) is 1.64. The molecule has 0 heterocycles. The summed E-state index contributed by atoms with van der Waals surface area (Å²) in [5.74, 6) is 0.783. The Morgan fingerprint density at radius 1 is 0.964 bits per heavy atom. The first-order chi connectivity index (χ1) is 13.5. The first-order valence-electron chi connectivity index (χ1n) is 9.83. The van der Waals surface area contributed by atoms with Crippen molar-refractivity contribution in [1.29, 1.82) is 0 Å². The third-order valence-corrected chi connectivity index (χ3v) is 5.51. The van der Waals surface area contributed by atoms with Crippen molar-refractivity contribution in [2.24, 2.45) is 0 Å². The normalized spacial score (nSPS) is 15.5. The topological polar surface area (TPSA) is 67.4 Å². The minimum atomic E-state index is -0.501. The summed E-state index contributed by atoms with van der Waals surface area (Å²) in [6, 6.07) is 15.4. The van der Waals surface area contributed by atoms with Gasteiger partial charge in [0.2, 0.25) is 11.8 Å². The predicted molar refractivity (Wildman–Crippen MR) is 110 cm³/mol. The molecule has 1 saturated carbocycles. The molecule has 2 amide bonds. The van der Waals surface area contributed by atoms with E-state index in [0.29, 0.717) is 6.54 Å². The second kappa shape index (κ2) is 8.91. The summed E-state index contributed by atoms with van der Waals surface area (Å²) in [6.07, 6.45) is 4.95. The summed E-state index contributed by atoms with van der Waals surface area (Å²) in [6.45, 7) is 1.98. The zero-order valence-corrected chi connectivity index (χ0v) is 16.6. The van der Waals surface area contributed by atoms with E-state index in [1.54, 1.807) is 7.11 Å². The van der Waals surface area contributed by atoms with Crippen molar-refractivity contribution in [2.75, 3.05) is 12.4 Å². The van der Waals surface area contributed by atoms with E-state index in [0.717, 1.165) is 54.7 Å². The predicted octanol–water partition coefficient (Wildman–Crippen LogP) is 4.17. The molecule has 1 aliphatic carbocycles. The molecule has 0 atom stereocenters. The maximum atomic E-state index is 13.3. The Bertz CT molecular complexity index is 807. The summed E-state index contributed by atoms with van der Waals surface area (Å²) < 4.78 is 5.18. The van der Waals surface area contributed by atoms with Crippen LogP contribution in [0.25, 0.3) is 0 Å². The molecule has 0 aromatic heterocycles. The molecule has 0 saturated heterocycles. The number of benzene rings is 2. The molecule has 0 radical (unpaired) electrons. The molecule has 2 aromatic carbocycles. The highest BCUT2D eigenvalue weighted by Gasteiger charge is 2.40. The van der Waals surface area contributed by atoms with Crippen molar-refractivity contribution in [2.45, 2.75) is 51.0 Å². The van der Waals surface area contributed by atoms with Gasteiger partial charge in [0.05, 0.1) is 12.5 Å². The van der Waals surface area contributed by atoms with Crippen LogP contribution in [0.2, 0.25) is 0 Å². The zero-order chi connectivity index (χ0) is 20.0. The van der Waals surface area contributed by atoms with Crippen LogP contribution in [0.4, 0.5) is 5.69 Å². The summed E-state index contributed by atoms with van der Waals surface area (Å²) in [4.78, 5) is 24.5. The van der Waals surface area contributed by atoms with E-state index in [2.05, 4.69) is 10.6 Å². The highest BCUT2D eigenvalue weighted by atomic mass is 16.5. The molecule has 0 spiro atoms. The van der Waals surface area contributed by atoms with Crippen molar-refractivity contribution in [3.05, 3.63) is 59.7 Å². The van der Waals surface area contributed by atoms with Crippen molar-refractivity contribution in [3.8, 4) is 5.75 Å². The SMILES string of the molecule is COc1ccc(CNC(=O)C2(c3ccc(NC(C)=O)cc3)CCCCC2)cc1. The van der Waals surface area contributed by atoms with Crippen LogP contribution >= 0.6 is 0 Å². The molecule has 148 valence electrons. The van der Waals surface area contributed by atoms with Crippen molar-refractivity contribution in [3.63, 3.8) is 0 Å². The van der Waals surface area contributed by atoms with E-state index in [9.17, 15) is 9.59 Å². The van der Waals surface area contributed by atoms with Crippen LogP contribution in [0.5, 0.6) is 5.75 Å². The number of hydrogen-bond donors (Lipinski definition) is 2. The van der Waals surface area contributed by atoms with Gasteiger partial charge in [0.25, 0.3) is 0 Å². The lowest BCUT2D eigenvalue weighted by molar-refractivity contribution is -0.128. The Morgan fingerprint density at radius 3 is 2.18 bits per heavy atom. The largest absolute Gasteiger partial charge is 0.497 e. The molecule has 1 fully saturated rings. The molecule has 28 heavy (non-hydrogen) atoms. The van der Waals surface area contributed by atoms with Gasteiger partial charge < -0.3 is 15.4 Å². The number of carbonyl (C=O) groups excluding carboxylic acids is 2. The number of amides is 2. The number of rotatable bonds is 6. The third-order valence-electron chi connectivity index (χ3n) is 5.51. The van der Waals surface area contributed by atoms with Gasteiger partial charge in [0.1, 0.15) is 5.75 Å². The third kappa shape index (κ3) is 4.53. The van der Waals surface area contributed by atoms with Crippen LogP contribution < -0.4 is 15.4 Å². The minimum Gasteiger partial charge on any atom is -0.497 e. The van der Waals surface area contributed by atoms with Crippen molar-refractivity contribution < 1.29 is 14.3 Å². The van der Waals surface area contributed by atoms with Gasteiger partial charge in [-0.25, -0.2) is 0 Å². The summed E-state index contributed by atoms with van der Waals surface area (Å²) in [5.41, 5.74) is 2.31. The van der Waals surface area contributed by atoms with E-state index >= 15 is 0 Å². The van der Waals surface area contributed by atoms with Gasteiger partial charge >= 0.3 is 0 Å². The molecule has 1 aliphatic rings. The number of anilines is 1. The number of nitrogens with one attached hydrogen (secondary N) is 2. The number of carbonyl (C=O) groups is 2. The number of hydrogen-bond acceptors (Lipinski definition) is 3. The molecule has 0 bridgehead atoms. The molecule has 0 aliphatic heterocycles. The highest BCUT2D eigenvalue weighted by Crippen LogP contribution is 2.40. The van der Waals surface area contributed by atoms with Crippen LogP contribution in [0.3, 0.4) is 0 Å². The molecule has 2 N–H and O–H groups in total. The highest BCUT2D eigenvalue weighted by molar-refractivity contribution is 5.90. The lowest BCUT2D eigenvalue weighted by atomic mass is 9.68. The minimum absolute atomic E-state index is 0.0790. The van der Waals surface area contributed by atoms with Gasteiger partial charge in [-0.2, -0.15) is 0 Å². The van der Waals surface area contributed by atoms with Crippen LogP contribution in [-0.2, 0) is 21.5 Å². The molecule has 3 rings (SSSR count). The fourth-order valence-electron chi connectivity index (χ4n) is 3.97. The monoisotopic (exact) mass is 380 g/mol. The summed E-state index contributed by atoms with van der Waals surface area (Å²) >= 11 is 0. The average molecular weight is 380 g/mol. The maximum absolute atomic E-state index is 13.3. The second-order valence-corrected chi connectivity index (χ2v) is 7.43. The first-order valence-corrected chi connectivity index (χ1v) is 9.83. The average Bonchev–Trinajstić information content (AvgIpc) is 2.73. The first kappa shape index (κ1) is 19.9. The van der Waals surface area contributed by atoms with E-state index in [4.69, 9.17) is 4.74 Å².